The van der Waals surface area contributed by atoms with Crippen molar-refractivity contribution >= 4 is 30.2 Å². The van der Waals surface area contributed by atoms with Crippen LogP contribution in [0.2, 0.25) is 0 Å². The zero-order chi connectivity index (χ0) is 12.9. The molecule has 2 aromatic rings. The van der Waals surface area contributed by atoms with Crippen LogP contribution in [0.1, 0.15) is 5.56 Å². The van der Waals surface area contributed by atoms with Crippen molar-refractivity contribution in [3.8, 4) is 11.1 Å². The first kappa shape index (κ1) is 11.6. The Balaban J connectivity index is 2.41. The van der Waals surface area contributed by atoms with Crippen molar-refractivity contribution in [2.24, 2.45) is 0 Å². The molecule has 88 valence electrons. The van der Waals surface area contributed by atoms with E-state index in [2.05, 4.69) is 7.74 Å². The van der Waals surface area contributed by atoms with Gasteiger partial charge < -0.3 is 0 Å². The summed E-state index contributed by atoms with van der Waals surface area (Å²) < 4.78 is 24.8. The fraction of sp³-hybridized carbons (Fsp3) is 0.0769. The van der Waals surface area contributed by atoms with Crippen molar-refractivity contribution in [1.82, 2.24) is 0 Å². The first-order valence-corrected chi connectivity index (χ1v) is 7.51. The summed E-state index contributed by atoms with van der Waals surface area (Å²) in [5.41, 5.74) is 3.95. The molecule has 0 saturated heterocycles. The van der Waals surface area contributed by atoms with Crippen molar-refractivity contribution in [2.45, 2.75) is 16.7 Å². The lowest BCUT2D eigenvalue weighted by atomic mass is 9.51. The van der Waals surface area contributed by atoms with E-state index < -0.39 is 9.84 Å². The molecule has 3 rings (SSSR count). The molecule has 1 heterocycles. The van der Waals surface area contributed by atoms with Gasteiger partial charge in [-0.25, -0.2) is 8.42 Å². The van der Waals surface area contributed by atoms with Gasteiger partial charge in [0.05, 0.1) is 17.5 Å². The van der Waals surface area contributed by atoms with Gasteiger partial charge in [0.2, 0.25) is 9.84 Å². The summed E-state index contributed by atoms with van der Waals surface area (Å²) in [6.45, 7) is 1.98. The maximum absolute atomic E-state index is 12.4. The smallest absolute Gasteiger partial charge is 0.207 e. The molecule has 0 radical (unpaired) electrons. The van der Waals surface area contributed by atoms with Crippen molar-refractivity contribution in [2.75, 3.05) is 0 Å². The Morgan fingerprint density at radius 3 is 2.28 bits per heavy atom. The average Bonchev–Trinajstić information content (AvgIpc) is 2.58. The molecular weight excluding hydrogens is 242 g/mol. The molecule has 0 N–H and O–H groups in total. The molecule has 2 nitrogen and oxygen atoms in total. The summed E-state index contributed by atoms with van der Waals surface area (Å²) in [4.78, 5) is 0.886. The molecule has 0 fully saturated rings. The monoisotopic (exact) mass is 254 g/mol. The summed E-state index contributed by atoms with van der Waals surface area (Å²) in [6.07, 6.45) is 0. The van der Waals surface area contributed by atoms with E-state index in [1.807, 2.05) is 31.2 Å². The molecule has 2 aromatic carbocycles. The molecule has 0 spiro atoms. The minimum atomic E-state index is -3.31. The van der Waals surface area contributed by atoms with Crippen molar-refractivity contribution in [3.63, 3.8) is 0 Å². The second-order valence-corrected chi connectivity index (χ2v) is 6.57. The maximum atomic E-state index is 12.4. The number of fused-ring (bicyclic) bond motifs is 3. The van der Waals surface area contributed by atoms with Crippen LogP contribution in [0.5, 0.6) is 0 Å². The van der Waals surface area contributed by atoms with E-state index in [9.17, 15) is 8.42 Å². The SMILES string of the molecule is BBc1ccc2c(c1)-c1cc(C)ccc1S2(=O)=O. The fourth-order valence-corrected chi connectivity index (χ4v) is 4.10. The Morgan fingerprint density at radius 1 is 1.00 bits per heavy atom. The second-order valence-electron chi connectivity index (χ2n) is 4.69. The van der Waals surface area contributed by atoms with Gasteiger partial charge in [0, 0.05) is 11.1 Å². The van der Waals surface area contributed by atoms with Gasteiger partial charge >= 0.3 is 0 Å². The van der Waals surface area contributed by atoms with Gasteiger partial charge in [-0.15, -0.1) is 0 Å². The highest BCUT2D eigenvalue weighted by molar-refractivity contribution is 7.92. The molecule has 0 amide bonds. The highest BCUT2D eigenvalue weighted by Crippen LogP contribution is 2.42. The highest BCUT2D eigenvalue weighted by Gasteiger charge is 2.32. The largest absolute Gasteiger partial charge is 0.218 e. The molecule has 0 unspecified atom stereocenters. The van der Waals surface area contributed by atoms with Gasteiger partial charge in [0.1, 0.15) is 7.17 Å². The molecule has 0 saturated carbocycles. The van der Waals surface area contributed by atoms with Crippen LogP contribution in [0.15, 0.2) is 46.2 Å². The van der Waals surface area contributed by atoms with Gasteiger partial charge in [0.25, 0.3) is 0 Å². The summed E-state index contributed by atoms with van der Waals surface area (Å²) in [5.74, 6) is 0. The molecule has 0 aliphatic carbocycles. The van der Waals surface area contributed by atoms with Gasteiger partial charge in [0.15, 0.2) is 0 Å². The van der Waals surface area contributed by atoms with Crippen molar-refractivity contribution in [3.05, 3.63) is 42.0 Å². The molecule has 5 heteroatoms. The van der Waals surface area contributed by atoms with Gasteiger partial charge in [-0.2, -0.15) is 0 Å². The standard InChI is InChI=1S/C13H12B2O2S/c1-8-2-4-12-10(6-8)11-7-9(15-14)3-5-13(11)18(12,16)17/h2-7,15H,14H2,1H3. The lowest BCUT2D eigenvalue weighted by Crippen LogP contribution is -2.14. The molecule has 0 bridgehead atoms. The Labute approximate surface area is 109 Å². The van der Waals surface area contributed by atoms with Crippen LogP contribution in [0, 0.1) is 6.92 Å². The summed E-state index contributed by atoms with van der Waals surface area (Å²) in [7, 11) is -0.324. The Hall–Kier alpha value is -1.48. The number of rotatable bonds is 1. The van der Waals surface area contributed by atoms with E-state index in [0.717, 1.165) is 23.9 Å². The number of aryl methyl sites for hydroxylation is 1. The minimum Gasteiger partial charge on any atom is -0.218 e. The van der Waals surface area contributed by atoms with Crippen LogP contribution in [0.4, 0.5) is 0 Å². The van der Waals surface area contributed by atoms with E-state index in [-0.39, 0.29) is 0 Å². The zero-order valence-electron chi connectivity index (χ0n) is 10.4. The molecule has 1 aliphatic rings. The van der Waals surface area contributed by atoms with E-state index in [1.54, 1.807) is 12.1 Å². The Kier molecular flexibility index (Phi) is 2.42. The minimum absolute atomic E-state index is 0.441. The number of benzene rings is 2. The van der Waals surface area contributed by atoms with E-state index in [4.69, 9.17) is 0 Å². The maximum Gasteiger partial charge on any atom is 0.207 e. The summed E-state index contributed by atoms with van der Waals surface area (Å²) in [5, 5.41) is 0. The van der Waals surface area contributed by atoms with Crippen LogP contribution in [0.3, 0.4) is 0 Å². The van der Waals surface area contributed by atoms with E-state index in [0.29, 0.717) is 9.79 Å². The highest BCUT2D eigenvalue weighted by atomic mass is 32.2. The quantitative estimate of drug-likeness (QED) is 0.589. The predicted octanol–water partition coefficient (Wildman–Crippen LogP) is 0.418. The molecule has 1 aliphatic heterocycles. The van der Waals surface area contributed by atoms with Crippen LogP contribution in [0.25, 0.3) is 11.1 Å². The van der Waals surface area contributed by atoms with Crippen molar-refractivity contribution < 1.29 is 8.42 Å². The topological polar surface area (TPSA) is 34.1 Å². The van der Waals surface area contributed by atoms with Gasteiger partial charge in [-0.05, 0) is 19.1 Å². The normalized spacial score (nSPS) is 14.9. The van der Waals surface area contributed by atoms with E-state index in [1.165, 1.54) is 5.46 Å². The van der Waals surface area contributed by atoms with Gasteiger partial charge in [-0.3, -0.25) is 0 Å². The third-order valence-electron chi connectivity index (χ3n) is 3.46. The van der Waals surface area contributed by atoms with Crippen LogP contribution in [-0.4, -0.2) is 23.3 Å². The second kappa shape index (κ2) is 3.75. The van der Waals surface area contributed by atoms with Crippen LogP contribution in [-0.2, 0) is 9.84 Å². The molecular formula is C13H12B2O2S. The lowest BCUT2D eigenvalue weighted by molar-refractivity contribution is 0.598. The van der Waals surface area contributed by atoms with Gasteiger partial charge in [-0.1, -0.05) is 35.3 Å². The predicted molar refractivity (Wildman–Crippen MR) is 77.4 cm³/mol. The molecule has 0 atom stereocenters. The third-order valence-corrected chi connectivity index (χ3v) is 5.33. The number of sulfone groups is 1. The Morgan fingerprint density at radius 2 is 1.61 bits per heavy atom. The summed E-state index contributed by atoms with van der Waals surface area (Å²) in [6, 6.07) is 11.2. The first-order valence-electron chi connectivity index (χ1n) is 6.03. The lowest BCUT2D eigenvalue weighted by Gasteiger charge is -2.02. The third kappa shape index (κ3) is 1.47. The van der Waals surface area contributed by atoms with E-state index >= 15 is 0 Å². The molecule has 0 aromatic heterocycles. The average molecular weight is 254 g/mol. The van der Waals surface area contributed by atoms with Crippen LogP contribution >= 0.6 is 0 Å². The molecule has 18 heavy (non-hydrogen) atoms. The van der Waals surface area contributed by atoms with Crippen molar-refractivity contribution in [1.29, 1.82) is 0 Å². The van der Waals surface area contributed by atoms with Crippen LogP contribution < -0.4 is 5.46 Å². The zero-order valence-corrected chi connectivity index (χ0v) is 11.2. The fourth-order valence-electron chi connectivity index (χ4n) is 2.45. The number of hydrogen-bond acceptors (Lipinski definition) is 2. The first-order chi connectivity index (χ1) is 8.54. The Bertz CT molecular complexity index is 752. The number of hydrogen-bond donors (Lipinski definition) is 0. The summed E-state index contributed by atoms with van der Waals surface area (Å²) >= 11 is 0.